The molecule has 4 aromatic rings. The molecular weight excluding hydrogens is 546 g/mol. The van der Waals surface area contributed by atoms with Gasteiger partial charge in [-0.15, -0.1) is 0 Å². The number of carbonyl (C=O) groups is 4. The second-order valence-corrected chi connectivity index (χ2v) is 8.52. The van der Waals surface area contributed by atoms with E-state index < -0.39 is 31.7 Å². The number of rotatable bonds is 4. The van der Waals surface area contributed by atoms with E-state index in [2.05, 4.69) is 10.3 Å². The average molecular weight is 580 g/mol. The molecule has 10 nitrogen and oxygen atoms in total. The molecule has 0 unspecified atom stereocenters. The van der Waals surface area contributed by atoms with Crippen LogP contribution in [-0.2, 0) is 0 Å². The van der Waals surface area contributed by atoms with E-state index in [-0.39, 0.29) is 22.7 Å². The maximum absolute atomic E-state index is 11.6. The molecule has 0 saturated carbocycles. The number of hydrogen-bond acceptors (Lipinski definition) is 7. The predicted octanol–water partition coefficient (Wildman–Crippen LogP) is 4.43. The lowest BCUT2D eigenvalue weighted by Crippen LogP contribution is -2.24. The summed E-state index contributed by atoms with van der Waals surface area (Å²) >= 11 is 5.60. The third-order valence-corrected chi connectivity index (χ3v) is 5.54. The number of anilines is 1. The van der Waals surface area contributed by atoms with Gasteiger partial charge in [-0.05, 0) is 66.7 Å². The Labute approximate surface area is 250 Å². The van der Waals surface area contributed by atoms with Crippen molar-refractivity contribution in [1.29, 1.82) is 0 Å². The first-order chi connectivity index (χ1) is 22.0. The van der Waals surface area contributed by atoms with Crippen molar-refractivity contribution in [3.63, 3.8) is 0 Å². The summed E-state index contributed by atoms with van der Waals surface area (Å²) in [4.78, 5) is 49.9. The number of halogens is 1. The molecule has 0 bridgehead atoms. The molecule has 0 spiro atoms. The Balaban J connectivity index is 0.000000193. The number of pyridine rings is 1. The van der Waals surface area contributed by atoms with Crippen molar-refractivity contribution in [3.8, 4) is 11.5 Å². The minimum atomic E-state index is -2.72. The van der Waals surface area contributed by atoms with Crippen LogP contribution in [0, 0.1) is 0 Å². The number of nitrogens with two attached hydrogens (primary N) is 1. The Bertz CT molecular complexity index is 1730. The summed E-state index contributed by atoms with van der Waals surface area (Å²) in [5.41, 5.74) is 7.12. The third-order valence-electron chi connectivity index (χ3n) is 5.30. The first-order valence-corrected chi connectivity index (χ1v) is 12.2. The standard InChI is InChI=1S/C14H14N2O2.C9H7NO2.C7H7ClN2O/c1-16-14(17)10-3-2-4-13(9-10)18-12-7-5-11(15)6-8-12;1-10-8(11)6-4-2-3-5-7(6)9(10)12;1-9-7(11)6-4-5(8)2-3-10-6/h2-9H,15H2,1H3,(H,16,17);2-5H,1H3;2-4H,1H3,(H,9,11)/i;2*1D3. The molecule has 4 N–H and O–H groups in total. The van der Waals surface area contributed by atoms with Crippen LogP contribution >= 0.6 is 11.6 Å². The lowest BCUT2D eigenvalue weighted by molar-refractivity contribution is 0.0692. The van der Waals surface area contributed by atoms with E-state index in [4.69, 9.17) is 30.3 Å². The molecule has 3 aromatic carbocycles. The van der Waals surface area contributed by atoms with E-state index in [0.29, 0.717) is 32.7 Å². The first-order valence-electron chi connectivity index (χ1n) is 14.8. The molecule has 1 aromatic heterocycles. The number of imide groups is 1. The number of nitrogens with zero attached hydrogens (tertiary/aromatic N) is 2. The molecule has 0 saturated heterocycles. The van der Waals surface area contributed by atoms with E-state index in [1.165, 1.54) is 30.5 Å². The lowest BCUT2D eigenvalue weighted by atomic mass is 10.1. The van der Waals surface area contributed by atoms with Gasteiger partial charge >= 0.3 is 0 Å². The van der Waals surface area contributed by atoms with Crippen LogP contribution in [0.4, 0.5) is 5.69 Å². The summed E-state index contributed by atoms with van der Waals surface area (Å²) in [5.74, 6) is -1.13. The number of hydrogen-bond donors (Lipinski definition) is 3. The number of aromatic nitrogens is 1. The van der Waals surface area contributed by atoms with Crippen LogP contribution in [0.5, 0.6) is 11.5 Å². The van der Waals surface area contributed by atoms with Crippen molar-refractivity contribution in [3.05, 3.63) is 119 Å². The van der Waals surface area contributed by atoms with Gasteiger partial charge in [0.15, 0.2) is 0 Å². The molecule has 0 atom stereocenters. The summed E-state index contributed by atoms with van der Waals surface area (Å²) < 4.78 is 47.3. The Morgan fingerprint density at radius 2 is 1.56 bits per heavy atom. The number of fused-ring (bicyclic) bond motifs is 1. The van der Waals surface area contributed by atoms with E-state index in [0.717, 1.165) is 0 Å². The third kappa shape index (κ3) is 8.13. The SMILES string of the molecule is CNC(=O)c1cccc(Oc2ccc(N)cc2)c1.[2H]C([2H])([2H])N1C(=O)c2ccccc2C1=O.[2H]C([2H])([2H])NC(=O)c1cc(Cl)ccn1. The Morgan fingerprint density at radius 3 is 2.15 bits per heavy atom. The molecule has 41 heavy (non-hydrogen) atoms. The van der Waals surface area contributed by atoms with Crippen molar-refractivity contribution >= 4 is 40.9 Å². The Hall–Kier alpha value is -5.22. The van der Waals surface area contributed by atoms with Crippen molar-refractivity contribution < 1.29 is 32.1 Å². The molecule has 4 amide bonds. The van der Waals surface area contributed by atoms with E-state index in [9.17, 15) is 19.2 Å². The highest BCUT2D eigenvalue weighted by molar-refractivity contribution is 6.30. The molecule has 0 fully saturated rings. The normalized spacial score (nSPS) is 14.0. The van der Waals surface area contributed by atoms with Gasteiger partial charge < -0.3 is 21.1 Å². The molecule has 0 aliphatic carbocycles. The van der Waals surface area contributed by atoms with Crippen molar-refractivity contribution in [1.82, 2.24) is 20.5 Å². The minimum absolute atomic E-state index is 0.0198. The zero-order valence-corrected chi connectivity index (χ0v) is 22.3. The quantitative estimate of drug-likeness (QED) is 0.240. The van der Waals surface area contributed by atoms with Crippen LogP contribution in [0.2, 0.25) is 5.02 Å². The topological polar surface area (TPSA) is 144 Å². The summed E-state index contributed by atoms with van der Waals surface area (Å²) in [6.07, 6.45) is 1.33. The van der Waals surface area contributed by atoms with E-state index in [1.54, 1.807) is 73.0 Å². The lowest BCUT2D eigenvalue weighted by Gasteiger charge is -2.07. The minimum Gasteiger partial charge on any atom is -0.457 e. The van der Waals surface area contributed by atoms with E-state index in [1.807, 2.05) is 0 Å². The van der Waals surface area contributed by atoms with Crippen LogP contribution < -0.4 is 21.1 Å². The van der Waals surface area contributed by atoms with Gasteiger partial charge in [-0.3, -0.25) is 29.1 Å². The highest BCUT2D eigenvalue weighted by atomic mass is 35.5. The van der Waals surface area contributed by atoms with Crippen LogP contribution in [0.1, 0.15) is 49.8 Å². The number of nitrogens with one attached hydrogen (secondary N) is 2. The number of benzene rings is 3. The van der Waals surface area contributed by atoms with Crippen molar-refractivity contribution in [2.45, 2.75) is 0 Å². The van der Waals surface area contributed by atoms with Gasteiger partial charge in [-0.25, -0.2) is 0 Å². The van der Waals surface area contributed by atoms with Gasteiger partial charge in [0.05, 0.1) is 11.1 Å². The fourth-order valence-corrected chi connectivity index (χ4v) is 3.46. The zero-order chi connectivity index (χ0) is 34.9. The van der Waals surface area contributed by atoms with Crippen LogP contribution in [0.3, 0.4) is 0 Å². The fraction of sp³-hybridized carbons (Fsp3) is 0.100. The first kappa shape index (κ1) is 22.6. The zero-order valence-electron chi connectivity index (χ0n) is 27.6. The maximum Gasteiger partial charge on any atom is 0.269 e. The van der Waals surface area contributed by atoms with Crippen LogP contribution in [-0.4, -0.2) is 54.5 Å². The Kier molecular flexibility index (Phi) is 7.85. The summed E-state index contributed by atoms with van der Waals surface area (Å²) in [5, 5.41) is 4.70. The number of carbonyl (C=O) groups excluding carboxylic acids is 4. The highest BCUT2D eigenvalue weighted by Crippen LogP contribution is 2.23. The molecule has 2 heterocycles. The van der Waals surface area contributed by atoms with Gasteiger partial charge in [-0.2, -0.15) is 0 Å². The summed E-state index contributed by atoms with van der Waals surface area (Å²) in [6, 6.07) is 22.9. The highest BCUT2D eigenvalue weighted by Gasteiger charge is 2.31. The van der Waals surface area contributed by atoms with Crippen LogP contribution in [0.15, 0.2) is 91.1 Å². The second-order valence-electron chi connectivity index (χ2n) is 8.08. The molecular formula is C30H28ClN5O5. The molecule has 210 valence electrons. The number of amides is 4. The van der Waals surface area contributed by atoms with Gasteiger partial charge in [0.1, 0.15) is 17.2 Å². The number of nitrogen functional groups attached to an aromatic ring is 1. The molecule has 1 aliphatic rings. The monoisotopic (exact) mass is 579 g/mol. The largest absolute Gasteiger partial charge is 0.457 e. The average Bonchev–Trinajstić information content (AvgIpc) is 3.27. The van der Waals surface area contributed by atoms with Crippen LogP contribution in [0.25, 0.3) is 0 Å². The van der Waals surface area contributed by atoms with Gasteiger partial charge in [0.2, 0.25) is 0 Å². The van der Waals surface area contributed by atoms with Crippen molar-refractivity contribution in [2.75, 3.05) is 26.7 Å². The van der Waals surface area contributed by atoms with E-state index >= 15 is 0 Å². The molecule has 5 rings (SSSR count). The fourth-order valence-electron chi connectivity index (χ4n) is 3.30. The smallest absolute Gasteiger partial charge is 0.269 e. The van der Waals surface area contributed by atoms with Gasteiger partial charge in [0, 0.05) is 51.7 Å². The Morgan fingerprint density at radius 1 is 0.878 bits per heavy atom. The summed E-state index contributed by atoms with van der Waals surface area (Å²) in [7, 11) is 1.59. The second kappa shape index (κ2) is 14.2. The maximum atomic E-state index is 11.6. The van der Waals surface area contributed by atoms with Gasteiger partial charge in [-0.1, -0.05) is 29.8 Å². The van der Waals surface area contributed by atoms with Gasteiger partial charge in [0.25, 0.3) is 23.6 Å². The molecule has 11 heteroatoms. The van der Waals surface area contributed by atoms with Crippen molar-refractivity contribution in [2.24, 2.45) is 0 Å². The molecule has 0 radical (unpaired) electrons. The molecule has 1 aliphatic heterocycles. The summed E-state index contributed by atoms with van der Waals surface area (Å²) in [6.45, 7) is -5.23. The number of ether oxygens (including phenoxy) is 1. The predicted molar refractivity (Wildman–Crippen MR) is 156 cm³/mol.